The number of nitriles is 1. The summed E-state index contributed by atoms with van der Waals surface area (Å²) in [6, 6.07) is 16.9. The molecule has 1 aliphatic rings. The largest absolute Gasteiger partial charge is 0.507 e. The minimum atomic E-state index is -0.737. The van der Waals surface area contributed by atoms with Gasteiger partial charge in [0, 0.05) is 16.1 Å². The number of aryl methyl sites for hydroxylation is 2. The van der Waals surface area contributed by atoms with Crippen molar-refractivity contribution in [2.24, 2.45) is 0 Å². The van der Waals surface area contributed by atoms with Gasteiger partial charge < -0.3 is 5.11 Å². The number of ketones is 1. The standard InChI is InChI=1S/C24H18N2O3S/c1-14-5-8-17(12-15(14)2)22(27)20-21(19-4-3-11-30-19)26(24(29)23(20)28)18-9-6-16(13-25)7-10-18/h3-12,21,27H,1-2H3/b22-20-. The van der Waals surface area contributed by atoms with Crippen molar-refractivity contribution in [3.05, 3.63) is 92.7 Å². The Labute approximate surface area is 178 Å². The Kier molecular flexibility index (Phi) is 4.98. The van der Waals surface area contributed by atoms with E-state index in [0.717, 1.165) is 16.0 Å². The van der Waals surface area contributed by atoms with Crippen LogP contribution in [-0.4, -0.2) is 16.8 Å². The summed E-state index contributed by atoms with van der Waals surface area (Å²) in [6.45, 7) is 3.90. The van der Waals surface area contributed by atoms with Gasteiger partial charge in [-0.3, -0.25) is 14.5 Å². The molecule has 1 saturated heterocycles. The van der Waals surface area contributed by atoms with Crippen LogP contribution < -0.4 is 4.90 Å². The van der Waals surface area contributed by atoms with Gasteiger partial charge in [-0.15, -0.1) is 11.3 Å². The molecule has 0 spiro atoms. The number of thiophene rings is 1. The lowest BCUT2D eigenvalue weighted by atomic mass is 9.97. The first kappa shape index (κ1) is 19.6. The van der Waals surface area contributed by atoms with E-state index >= 15 is 0 Å². The highest BCUT2D eigenvalue weighted by molar-refractivity contribution is 7.10. The van der Waals surface area contributed by atoms with Crippen molar-refractivity contribution in [1.29, 1.82) is 5.26 Å². The maximum absolute atomic E-state index is 13.0. The predicted molar refractivity (Wildman–Crippen MR) is 116 cm³/mol. The molecule has 0 bridgehead atoms. The molecule has 0 saturated carbocycles. The van der Waals surface area contributed by atoms with E-state index in [1.165, 1.54) is 16.2 Å². The molecule has 1 fully saturated rings. The molecule has 0 aliphatic carbocycles. The van der Waals surface area contributed by atoms with Crippen LogP contribution in [0.4, 0.5) is 5.69 Å². The topological polar surface area (TPSA) is 81.4 Å². The van der Waals surface area contributed by atoms with E-state index < -0.39 is 17.7 Å². The normalized spacial score (nSPS) is 17.9. The van der Waals surface area contributed by atoms with Gasteiger partial charge in [0.05, 0.1) is 17.2 Å². The predicted octanol–water partition coefficient (Wildman–Crippen LogP) is 4.86. The number of aliphatic hydroxyl groups is 1. The summed E-state index contributed by atoms with van der Waals surface area (Å²) < 4.78 is 0. The van der Waals surface area contributed by atoms with Crippen molar-refractivity contribution in [2.45, 2.75) is 19.9 Å². The van der Waals surface area contributed by atoms with Crippen LogP contribution in [0.1, 0.15) is 33.2 Å². The number of Topliss-reactive ketones (excluding diaryl/α,β-unsaturated/α-hetero) is 1. The molecule has 0 radical (unpaired) electrons. The van der Waals surface area contributed by atoms with Gasteiger partial charge in [0.2, 0.25) is 0 Å². The molecule has 1 amide bonds. The highest BCUT2D eigenvalue weighted by atomic mass is 32.1. The summed E-state index contributed by atoms with van der Waals surface area (Å²) in [4.78, 5) is 28.2. The van der Waals surface area contributed by atoms with E-state index in [0.29, 0.717) is 16.8 Å². The summed E-state index contributed by atoms with van der Waals surface area (Å²) in [5, 5.41) is 22.0. The number of nitrogens with zero attached hydrogens (tertiary/aromatic N) is 2. The third-order valence-corrected chi connectivity index (χ3v) is 6.24. The Morgan fingerprint density at radius 1 is 1.07 bits per heavy atom. The monoisotopic (exact) mass is 414 g/mol. The Hall–Kier alpha value is -3.69. The van der Waals surface area contributed by atoms with Crippen molar-refractivity contribution in [1.82, 2.24) is 0 Å². The van der Waals surface area contributed by atoms with Crippen LogP contribution in [-0.2, 0) is 9.59 Å². The van der Waals surface area contributed by atoms with E-state index in [4.69, 9.17) is 5.26 Å². The molecule has 1 aromatic heterocycles. The number of benzene rings is 2. The second-order valence-electron chi connectivity index (χ2n) is 7.14. The van der Waals surface area contributed by atoms with Gasteiger partial charge in [0.15, 0.2) is 0 Å². The SMILES string of the molecule is Cc1ccc(/C(O)=C2/C(=O)C(=O)N(c3ccc(C#N)cc3)C2c2cccs2)cc1C. The number of carbonyl (C=O) groups excluding carboxylic acids is 2. The third kappa shape index (κ3) is 3.19. The van der Waals surface area contributed by atoms with Gasteiger partial charge in [-0.25, -0.2) is 0 Å². The highest BCUT2D eigenvalue weighted by Crippen LogP contribution is 2.43. The lowest BCUT2D eigenvalue weighted by Crippen LogP contribution is -2.29. The first-order chi connectivity index (χ1) is 14.4. The quantitative estimate of drug-likeness (QED) is 0.377. The number of anilines is 1. The fraction of sp³-hybridized carbons (Fsp3) is 0.125. The molecule has 30 heavy (non-hydrogen) atoms. The molecule has 5 nitrogen and oxygen atoms in total. The fourth-order valence-corrected chi connectivity index (χ4v) is 4.38. The highest BCUT2D eigenvalue weighted by Gasteiger charge is 2.47. The minimum absolute atomic E-state index is 0.0649. The molecule has 2 heterocycles. The number of hydrogen-bond acceptors (Lipinski definition) is 5. The molecular weight excluding hydrogens is 396 g/mol. The van der Waals surface area contributed by atoms with Crippen LogP contribution in [0.5, 0.6) is 0 Å². The summed E-state index contributed by atoms with van der Waals surface area (Å²) in [7, 11) is 0. The van der Waals surface area contributed by atoms with Crippen LogP contribution >= 0.6 is 11.3 Å². The van der Waals surface area contributed by atoms with Crippen molar-refractivity contribution < 1.29 is 14.7 Å². The van der Waals surface area contributed by atoms with Crippen LogP contribution in [0.2, 0.25) is 0 Å². The maximum atomic E-state index is 13.0. The second kappa shape index (κ2) is 7.62. The Morgan fingerprint density at radius 3 is 2.40 bits per heavy atom. The molecule has 1 atom stereocenters. The molecular formula is C24H18N2O3S. The lowest BCUT2D eigenvalue weighted by Gasteiger charge is -2.24. The smallest absolute Gasteiger partial charge is 0.300 e. The van der Waals surface area contributed by atoms with Crippen molar-refractivity contribution in [3.63, 3.8) is 0 Å². The van der Waals surface area contributed by atoms with E-state index in [1.807, 2.05) is 49.6 Å². The first-order valence-electron chi connectivity index (χ1n) is 9.34. The van der Waals surface area contributed by atoms with Crippen LogP contribution in [0, 0.1) is 25.2 Å². The third-order valence-electron chi connectivity index (χ3n) is 5.31. The summed E-state index contributed by atoms with van der Waals surface area (Å²) in [5.41, 5.74) is 3.56. The molecule has 6 heteroatoms. The number of aliphatic hydroxyl groups excluding tert-OH is 1. The van der Waals surface area contributed by atoms with Crippen molar-refractivity contribution in [2.75, 3.05) is 4.90 Å². The minimum Gasteiger partial charge on any atom is -0.507 e. The summed E-state index contributed by atoms with van der Waals surface area (Å²) in [5.74, 6) is -1.62. The molecule has 1 unspecified atom stereocenters. The number of rotatable bonds is 3. The maximum Gasteiger partial charge on any atom is 0.300 e. The number of amides is 1. The Bertz CT molecular complexity index is 1220. The van der Waals surface area contributed by atoms with E-state index in [-0.39, 0.29) is 11.3 Å². The van der Waals surface area contributed by atoms with E-state index in [9.17, 15) is 14.7 Å². The van der Waals surface area contributed by atoms with Gasteiger partial charge >= 0.3 is 0 Å². The fourth-order valence-electron chi connectivity index (χ4n) is 3.56. The zero-order valence-corrected chi connectivity index (χ0v) is 17.2. The Balaban J connectivity index is 1.91. The van der Waals surface area contributed by atoms with E-state index in [2.05, 4.69) is 0 Å². The van der Waals surface area contributed by atoms with Crippen LogP contribution in [0.25, 0.3) is 5.76 Å². The van der Waals surface area contributed by atoms with Crippen molar-refractivity contribution >= 4 is 34.5 Å². The van der Waals surface area contributed by atoms with E-state index in [1.54, 1.807) is 30.3 Å². The van der Waals surface area contributed by atoms with Crippen molar-refractivity contribution in [3.8, 4) is 6.07 Å². The first-order valence-corrected chi connectivity index (χ1v) is 10.2. The van der Waals surface area contributed by atoms with Gasteiger partial charge in [-0.2, -0.15) is 5.26 Å². The second-order valence-corrected chi connectivity index (χ2v) is 8.12. The van der Waals surface area contributed by atoms with Crippen LogP contribution in [0.15, 0.2) is 65.6 Å². The molecule has 3 aromatic rings. The van der Waals surface area contributed by atoms with Gasteiger partial charge in [0.25, 0.3) is 11.7 Å². The molecule has 148 valence electrons. The number of carbonyl (C=O) groups is 2. The zero-order valence-electron chi connectivity index (χ0n) is 16.4. The lowest BCUT2D eigenvalue weighted by molar-refractivity contribution is -0.132. The average molecular weight is 414 g/mol. The average Bonchev–Trinajstić information content (AvgIpc) is 3.37. The molecule has 1 aliphatic heterocycles. The molecule has 2 aromatic carbocycles. The molecule has 1 N–H and O–H groups in total. The van der Waals surface area contributed by atoms with Gasteiger partial charge in [-0.1, -0.05) is 18.2 Å². The molecule has 4 rings (SSSR count). The summed E-state index contributed by atoms with van der Waals surface area (Å²) >= 11 is 1.41. The van der Waals surface area contributed by atoms with Gasteiger partial charge in [-0.05, 0) is 66.8 Å². The number of hydrogen-bond donors (Lipinski definition) is 1. The zero-order chi connectivity index (χ0) is 21.4. The Morgan fingerprint density at radius 2 is 1.80 bits per heavy atom. The van der Waals surface area contributed by atoms with Gasteiger partial charge in [0.1, 0.15) is 11.8 Å². The van der Waals surface area contributed by atoms with Crippen LogP contribution in [0.3, 0.4) is 0 Å². The summed E-state index contributed by atoms with van der Waals surface area (Å²) in [6.07, 6.45) is 0.